The van der Waals surface area contributed by atoms with Crippen LogP contribution in [0.3, 0.4) is 0 Å². The number of nitrogens with zero attached hydrogens (tertiary/aromatic N) is 1. The Kier molecular flexibility index (Phi) is 3.55. The third-order valence-electron chi connectivity index (χ3n) is 3.02. The predicted octanol–water partition coefficient (Wildman–Crippen LogP) is 3.01. The SMILES string of the molecule is CNC(c1cncc(C)c1)c1ccccc1C. The topological polar surface area (TPSA) is 24.9 Å². The second-order valence-electron chi connectivity index (χ2n) is 4.37. The lowest BCUT2D eigenvalue weighted by atomic mass is 9.96. The van der Waals surface area contributed by atoms with Crippen molar-refractivity contribution in [1.82, 2.24) is 10.3 Å². The zero-order chi connectivity index (χ0) is 12.3. The second kappa shape index (κ2) is 5.11. The van der Waals surface area contributed by atoms with Crippen molar-refractivity contribution in [2.45, 2.75) is 19.9 Å². The Morgan fingerprint density at radius 1 is 1.12 bits per heavy atom. The van der Waals surface area contributed by atoms with Gasteiger partial charge in [0.05, 0.1) is 6.04 Å². The average Bonchev–Trinajstić information content (AvgIpc) is 2.33. The van der Waals surface area contributed by atoms with Gasteiger partial charge < -0.3 is 5.32 Å². The lowest BCUT2D eigenvalue weighted by Crippen LogP contribution is -2.18. The number of pyridine rings is 1. The Hall–Kier alpha value is -1.67. The summed E-state index contributed by atoms with van der Waals surface area (Å²) in [5.41, 5.74) is 5.01. The van der Waals surface area contributed by atoms with Crippen molar-refractivity contribution in [2.24, 2.45) is 0 Å². The molecule has 0 aliphatic heterocycles. The van der Waals surface area contributed by atoms with E-state index in [0.717, 1.165) is 0 Å². The molecule has 0 spiro atoms. The van der Waals surface area contributed by atoms with E-state index < -0.39 is 0 Å². The van der Waals surface area contributed by atoms with Crippen LogP contribution in [-0.4, -0.2) is 12.0 Å². The summed E-state index contributed by atoms with van der Waals surface area (Å²) in [6.07, 6.45) is 3.81. The normalized spacial score (nSPS) is 12.4. The molecule has 0 aliphatic rings. The first-order valence-corrected chi connectivity index (χ1v) is 5.86. The number of hydrogen-bond acceptors (Lipinski definition) is 2. The van der Waals surface area contributed by atoms with Gasteiger partial charge in [0.25, 0.3) is 0 Å². The summed E-state index contributed by atoms with van der Waals surface area (Å²) >= 11 is 0. The largest absolute Gasteiger partial charge is 0.309 e. The van der Waals surface area contributed by atoms with E-state index in [1.54, 1.807) is 0 Å². The lowest BCUT2D eigenvalue weighted by Gasteiger charge is -2.19. The summed E-state index contributed by atoms with van der Waals surface area (Å²) in [6, 6.07) is 10.8. The molecule has 2 aromatic rings. The molecule has 0 aliphatic carbocycles. The number of rotatable bonds is 3. The Balaban J connectivity index is 2.44. The summed E-state index contributed by atoms with van der Waals surface area (Å²) in [5.74, 6) is 0. The molecule has 88 valence electrons. The molecule has 0 fully saturated rings. The van der Waals surface area contributed by atoms with Crippen LogP contribution < -0.4 is 5.32 Å². The van der Waals surface area contributed by atoms with E-state index in [9.17, 15) is 0 Å². The van der Waals surface area contributed by atoms with Gasteiger partial charge in [-0.15, -0.1) is 0 Å². The van der Waals surface area contributed by atoms with Crippen LogP contribution >= 0.6 is 0 Å². The Labute approximate surface area is 103 Å². The molecule has 1 heterocycles. The van der Waals surface area contributed by atoms with Crippen molar-refractivity contribution in [3.63, 3.8) is 0 Å². The molecule has 1 unspecified atom stereocenters. The monoisotopic (exact) mass is 226 g/mol. The summed E-state index contributed by atoms with van der Waals surface area (Å²) in [7, 11) is 1.99. The maximum Gasteiger partial charge on any atom is 0.0592 e. The molecule has 1 N–H and O–H groups in total. The Morgan fingerprint density at radius 2 is 1.88 bits per heavy atom. The summed E-state index contributed by atoms with van der Waals surface area (Å²) in [5, 5.41) is 3.36. The molecular weight excluding hydrogens is 208 g/mol. The Morgan fingerprint density at radius 3 is 2.53 bits per heavy atom. The van der Waals surface area contributed by atoms with Gasteiger partial charge in [0, 0.05) is 12.4 Å². The van der Waals surface area contributed by atoms with E-state index in [2.05, 4.69) is 54.5 Å². The van der Waals surface area contributed by atoms with E-state index in [1.165, 1.54) is 22.3 Å². The van der Waals surface area contributed by atoms with Crippen molar-refractivity contribution < 1.29 is 0 Å². The fourth-order valence-electron chi connectivity index (χ4n) is 2.15. The van der Waals surface area contributed by atoms with Crippen LogP contribution in [0.1, 0.15) is 28.3 Å². The minimum atomic E-state index is 0.212. The highest BCUT2D eigenvalue weighted by molar-refractivity contribution is 5.36. The molecule has 0 radical (unpaired) electrons. The Bertz CT molecular complexity index is 506. The highest BCUT2D eigenvalue weighted by Crippen LogP contribution is 2.24. The van der Waals surface area contributed by atoms with E-state index in [4.69, 9.17) is 0 Å². The van der Waals surface area contributed by atoms with Gasteiger partial charge in [0.15, 0.2) is 0 Å². The summed E-state index contributed by atoms with van der Waals surface area (Å²) < 4.78 is 0. The van der Waals surface area contributed by atoms with Crippen LogP contribution in [0.25, 0.3) is 0 Å². The highest BCUT2D eigenvalue weighted by atomic mass is 14.9. The number of aryl methyl sites for hydroxylation is 2. The van der Waals surface area contributed by atoms with Gasteiger partial charge in [-0.1, -0.05) is 30.3 Å². The van der Waals surface area contributed by atoms with Gasteiger partial charge in [0.1, 0.15) is 0 Å². The van der Waals surface area contributed by atoms with Crippen LogP contribution in [0.5, 0.6) is 0 Å². The van der Waals surface area contributed by atoms with E-state index >= 15 is 0 Å². The van der Waals surface area contributed by atoms with Crippen molar-refractivity contribution in [2.75, 3.05) is 7.05 Å². The first-order chi connectivity index (χ1) is 8.22. The number of hydrogen-bond donors (Lipinski definition) is 1. The molecule has 2 nitrogen and oxygen atoms in total. The van der Waals surface area contributed by atoms with Crippen LogP contribution in [0, 0.1) is 13.8 Å². The molecule has 0 saturated carbocycles. The molecular formula is C15H18N2. The fourth-order valence-corrected chi connectivity index (χ4v) is 2.15. The summed E-state index contributed by atoms with van der Waals surface area (Å²) in [6.45, 7) is 4.21. The zero-order valence-electron chi connectivity index (χ0n) is 10.6. The predicted molar refractivity (Wildman–Crippen MR) is 71.1 cm³/mol. The molecule has 2 rings (SSSR count). The first-order valence-electron chi connectivity index (χ1n) is 5.86. The maximum atomic E-state index is 4.27. The maximum absolute atomic E-state index is 4.27. The molecule has 1 aromatic heterocycles. The van der Waals surface area contributed by atoms with Gasteiger partial charge in [-0.2, -0.15) is 0 Å². The third kappa shape index (κ3) is 2.53. The third-order valence-corrected chi connectivity index (χ3v) is 3.02. The smallest absolute Gasteiger partial charge is 0.0592 e. The van der Waals surface area contributed by atoms with Gasteiger partial charge in [-0.05, 0) is 43.1 Å². The molecule has 0 amide bonds. The highest BCUT2D eigenvalue weighted by Gasteiger charge is 2.13. The molecule has 1 aromatic carbocycles. The minimum Gasteiger partial charge on any atom is -0.309 e. The molecule has 17 heavy (non-hydrogen) atoms. The fraction of sp³-hybridized carbons (Fsp3) is 0.267. The molecule has 0 saturated heterocycles. The van der Waals surface area contributed by atoms with Crippen LogP contribution in [0.2, 0.25) is 0 Å². The quantitative estimate of drug-likeness (QED) is 0.870. The van der Waals surface area contributed by atoms with Gasteiger partial charge in [-0.3, -0.25) is 4.98 Å². The van der Waals surface area contributed by atoms with Crippen molar-refractivity contribution in [3.8, 4) is 0 Å². The van der Waals surface area contributed by atoms with Crippen molar-refractivity contribution in [1.29, 1.82) is 0 Å². The molecule has 1 atom stereocenters. The minimum absolute atomic E-state index is 0.212. The van der Waals surface area contributed by atoms with Crippen LogP contribution in [0.15, 0.2) is 42.7 Å². The van der Waals surface area contributed by atoms with Crippen molar-refractivity contribution >= 4 is 0 Å². The zero-order valence-corrected chi connectivity index (χ0v) is 10.6. The number of nitrogens with one attached hydrogen (secondary N) is 1. The van der Waals surface area contributed by atoms with Crippen LogP contribution in [0.4, 0.5) is 0 Å². The van der Waals surface area contributed by atoms with E-state index in [0.29, 0.717) is 0 Å². The number of aromatic nitrogens is 1. The number of benzene rings is 1. The lowest BCUT2D eigenvalue weighted by molar-refractivity contribution is 0.684. The van der Waals surface area contributed by atoms with E-state index in [-0.39, 0.29) is 6.04 Å². The van der Waals surface area contributed by atoms with Crippen LogP contribution in [-0.2, 0) is 0 Å². The van der Waals surface area contributed by atoms with Gasteiger partial charge in [0.2, 0.25) is 0 Å². The van der Waals surface area contributed by atoms with Gasteiger partial charge in [-0.25, -0.2) is 0 Å². The average molecular weight is 226 g/mol. The molecule has 2 heteroatoms. The molecule has 0 bridgehead atoms. The van der Waals surface area contributed by atoms with Crippen molar-refractivity contribution in [3.05, 3.63) is 65.0 Å². The standard InChI is InChI=1S/C15H18N2/c1-11-8-13(10-17-9-11)15(16-3)14-7-5-4-6-12(14)2/h4-10,15-16H,1-3H3. The first kappa shape index (κ1) is 11.8. The summed E-state index contributed by atoms with van der Waals surface area (Å²) in [4.78, 5) is 4.27. The van der Waals surface area contributed by atoms with Gasteiger partial charge >= 0.3 is 0 Å². The second-order valence-corrected chi connectivity index (χ2v) is 4.37. The van der Waals surface area contributed by atoms with E-state index in [1.807, 2.05) is 19.4 Å².